The number of fused-ring (bicyclic) bond motifs is 1. The van der Waals surface area contributed by atoms with Gasteiger partial charge in [-0.1, -0.05) is 11.6 Å². The summed E-state index contributed by atoms with van der Waals surface area (Å²) in [6, 6.07) is 4.93. The molecule has 2 aliphatic rings. The molecule has 3 rings (SSSR count). The molecule has 8 heteroatoms. The van der Waals surface area contributed by atoms with Gasteiger partial charge >= 0.3 is 6.03 Å². The zero-order valence-corrected chi connectivity index (χ0v) is 15.9. The van der Waals surface area contributed by atoms with Crippen LogP contribution in [-0.4, -0.2) is 55.0 Å². The molecule has 0 aromatic heterocycles. The Kier molecular flexibility index (Phi) is 6.19. The molecule has 1 aliphatic heterocycles. The Morgan fingerprint density at radius 1 is 1.28 bits per heavy atom. The minimum absolute atomic E-state index is 0. The Morgan fingerprint density at radius 2 is 2.00 bits per heavy atom. The van der Waals surface area contributed by atoms with Crippen molar-refractivity contribution < 1.29 is 9.59 Å². The van der Waals surface area contributed by atoms with Crippen LogP contribution in [0.3, 0.4) is 0 Å². The summed E-state index contributed by atoms with van der Waals surface area (Å²) in [6.45, 7) is 1.47. The number of anilines is 1. The molecule has 6 nitrogen and oxygen atoms in total. The standard InChI is InChI=1S/C17H23ClN4O2.ClH/c1-21(2)17(24)20-11-4-5-12(14(18)7-11)16(23)22-8-10-3-6-15(19)13(10)9-22;/h4-5,7,10,13,15H,3,6,8-9,19H2,1-2H3,(H,20,24);1H. The zero-order chi connectivity index (χ0) is 17.4. The third-order valence-corrected chi connectivity index (χ3v) is 5.37. The van der Waals surface area contributed by atoms with Gasteiger partial charge in [0.2, 0.25) is 0 Å². The van der Waals surface area contributed by atoms with Gasteiger partial charge in [-0.2, -0.15) is 0 Å². The molecule has 2 fully saturated rings. The van der Waals surface area contributed by atoms with Gasteiger partial charge in [0.1, 0.15) is 0 Å². The van der Waals surface area contributed by atoms with E-state index in [0.29, 0.717) is 34.7 Å². The summed E-state index contributed by atoms with van der Waals surface area (Å²) in [7, 11) is 3.31. The van der Waals surface area contributed by atoms with Crippen molar-refractivity contribution in [2.75, 3.05) is 32.5 Å². The predicted molar refractivity (Wildman–Crippen MR) is 101 cm³/mol. The number of hydrogen-bond donors (Lipinski definition) is 2. The summed E-state index contributed by atoms with van der Waals surface area (Å²) in [5, 5.41) is 3.06. The lowest BCUT2D eigenvalue weighted by molar-refractivity contribution is 0.0780. The monoisotopic (exact) mass is 386 g/mol. The molecular formula is C17H24Cl2N4O2. The van der Waals surface area contributed by atoms with E-state index in [-0.39, 0.29) is 30.4 Å². The Labute approximate surface area is 159 Å². The van der Waals surface area contributed by atoms with Gasteiger partial charge in [-0.15, -0.1) is 12.4 Å². The fourth-order valence-corrected chi connectivity index (χ4v) is 3.91. The topological polar surface area (TPSA) is 78.7 Å². The first-order valence-corrected chi connectivity index (χ1v) is 8.57. The van der Waals surface area contributed by atoms with Crippen LogP contribution in [0.2, 0.25) is 5.02 Å². The van der Waals surface area contributed by atoms with Crippen molar-refractivity contribution in [1.82, 2.24) is 9.80 Å². The van der Waals surface area contributed by atoms with Crippen molar-refractivity contribution in [2.24, 2.45) is 17.6 Å². The SMILES string of the molecule is CN(C)C(=O)Nc1ccc(C(=O)N2CC3CCC(N)C3C2)c(Cl)c1.Cl. The third kappa shape index (κ3) is 4.02. The second kappa shape index (κ2) is 7.81. The lowest BCUT2D eigenvalue weighted by Gasteiger charge is -2.20. The molecule has 0 radical (unpaired) electrons. The van der Waals surface area contributed by atoms with Gasteiger partial charge in [-0.25, -0.2) is 4.79 Å². The van der Waals surface area contributed by atoms with Gasteiger partial charge in [0, 0.05) is 38.9 Å². The van der Waals surface area contributed by atoms with Gasteiger partial charge in [0.05, 0.1) is 10.6 Å². The summed E-state index contributed by atoms with van der Waals surface area (Å²) in [5.41, 5.74) is 7.16. The fourth-order valence-electron chi connectivity index (χ4n) is 3.65. The number of benzene rings is 1. The Balaban J connectivity index is 0.00000225. The molecular weight excluding hydrogens is 363 g/mol. The average molecular weight is 387 g/mol. The second-order valence-corrected chi connectivity index (χ2v) is 7.30. The van der Waals surface area contributed by atoms with Crippen LogP contribution >= 0.6 is 24.0 Å². The van der Waals surface area contributed by atoms with Crippen molar-refractivity contribution in [1.29, 1.82) is 0 Å². The van der Waals surface area contributed by atoms with E-state index in [1.165, 1.54) is 4.90 Å². The maximum Gasteiger partial charge on any atom is 0.321 e. The summed E-state index contributed by atoms with van der Waals surface area (Å²) in [6.07, 6.45) is 2.15. The minimum Gasteiger partial charge on any atom is -0.338 e. The quantitative estimate of drug-likeness (QED) is 0.819. The molecule has 3 atom stereocenters. The van der Waals surface area contributed by atoms with E-state index in [1.54, 1.807) is 32.3 Å². The molecule has 1 heterocycles. The Hall–Kier alpha value is -1.50. The number of carbonyl (C=O) groups excluding carboxylic acids is 2. The number of likely N-dealkylation sites (tertiary alicyclic amines) is 1. The fraction of sp³-hybridized carbons (Fsp3) is 0.529. The summed E-state index contributed by atoms with van der Waals surface area (Å²) >= 11 is 6.28. The molecule has 25 heavy (non-hydrogen) atoms. The smallest absolute Gasteiger partial charge is 0.321 e. The third-order valence-electron chi connectivity index (χ3n) is 5.06. The van der Waals surface area contributed by atoms with Crippen molar-refractivity contribution in [3.63, 3.8) is 0 Å². The summed E-state index contributed by atoms with van der Waals surface area (Å²) < 4.78 is 0. The van der Waals surface area contributed by atoms with Crippen molar-refractivity contribution in [3.8, 4) is 0 Å². The van der Waals surface area contributed by atoms with E-state index in [4.69, 9.17) is 17.3 Å². The van der Waals surface area contributed by atoms with Crippen LogP contribution in [0.15, 0.2) is 18.2 Å². The highest BCUT2D eigenvalue weighted by Crippen LogP contribution is 2.38. The number of amides is 3. The maximum atomic E-state index is 12.8. The van der Waals surface area contributed by atoms with E-state index in [9.17, 15) is 9.59 Å². The normalized spacial score (nSPS) is 24.5. The molecule has 1 aromatic rings. The summed E-state index contributed by atoms with van der Waals surface area (Å²) in [5.74, 6) is 0.861. The highest BCUT2D eigenvalue weighted by molar-refractivity contribution is 6.34. The van der Waals surface area contributed by atoms with Crippen molar-refractivity contribution in [2.45, 2.75) is 18.9 Å². The van der Waals surface area contributed by atoms with Crippen LogP contribution in [0.4, 0.5) is 10.5 Å². The van der Waals surface area contributed by atoms with Crippen LogP contribution in [0.25, 0.3) is 0 Å². The molecule has 3 amide bonds. The number of hydrogen-bond acceptors (Lipinski definition) is 3. The second-order valence-electron chi connectivity index (χ2n) is 6.89. The number of nitrogens with two attached hydrogens (primary N) is 1. The highest BCUT2D eigenvalue weighted by Gasteiger charge is 2.42. The Morgan fingerprint density at radius 3 is 2.60 bits per heavy atom. The number of nitrogens with one attached hydrogen (secondary N) is 1. The first-order chi connectivity index (χ1) is 11.4. The van der Waals surface area contributed by atoms with Gasteiger partial charge in [0.25, 0.3) is 5.91 Å². The molecule has 3 N–H and O–H groups in total. The molecule has 138 valence electrons. The lowest BCUT2D eigenvalue weighted by atomic mass is 9.98. The Bertz CT molecular complexity index is 668. The van der Waals surface area contributed by atoms with Gasteiger partial charge in [-0.3, -0.25) is 4.79 Å². The lowest BCUT2D eigenvalue weighted by Crippen LogP contribution is -2.33. The molecule has 3 unspecified atom stereocenters. The van der Waals surface area contributed by atoms with Gasteiger partial charge in [-0.05, 0) is 42.9 Å². The van der Waals surface area contributed by atoms with Crippen LogP contribution in [0.5, 0.6) is 0 Å². The first-order valence-electron chi connectivity index (χ1n) is 8.19. The van der Waals surface area contributed by atoms with Crippen LogP contribution in [0.1, 0.15) is 23.2 Å². The molecule has 1 aliphatic carbocycles. The molecule has 0 spiro atoms. The zero-order valence-electron chi connectivity index (χ0n) is 14.4. The highest BCUT2D eigenvalue weighted by atomic mass is 35.5. The number of rotatable bonds is 2. The summed E-state index contributed by atoms with van der Waals surface area (Å²) in [4.78, 5) is 27.7. The molecule has 0 bridgehead atoms. The largest absolute Gasteiger partial charge is 0.338 e. The molecule has 1 saturated carbocycles. The number of nitrogens with zero attached hydrogens (tertiary/aromatic N) is 2. The first kappa shape index (κ1) is 19.8. The molecule has 1 saturated heterocycles. The van der Waals surface area contributed by atoms with Crippen molar-refractivity contribution >= 4 is 41.6 Å². The van der Waals surface area contributed by atoms with Gasteiger partial charge in [0.15, 0.2) is 0 Å². The van der Waals surface area contributed by atoms with Crippen LogP contribution in [0, 0.1) is 11.8 Å². The number of carbonyl (C=O) groups is 2. The number of halogens is 2. The van der Waals surface area contributed by atoms with E-state index >= 15 is 0 Å². The van der Waals surface area contributed by atoms with Crippen molar-refractivity contribution in [3.05, 3.63) is 28.8 Å². The van der Waals surface area contributed by atoms with E-state index in [2.05, 4.69) is 5.32 Å². The number of urea groups is 1. The van der Waals surface area contributed by atoms with E-state index in [1.807, 2.05) is 4.90 Å². The maximum absolute atomic E-state index is 12.8. The predicted octanol–water partition coefficient (Wildman–Crippen LogP) is 2.66. The van der Waals surface area contributed by atoms with E-state index in [0.717, 1.165) is 19.4 Å². The van der Waals surface area contributed by atoms with Gasteiger partial charge < -0.3 is 20.9 Å². The van der Waals surface area contributed by atoms with E-state index < -0.39 is 0 Å². The average Bonchev–Trinajstić information content (AvgIpc) is 3.09. The van der Waals surface area contributed by atoms with Crippen LogP contribution < -0.4 is 11.1 Å². The molecule has 1 aromatic carbocycles. The van der Waals surface area contributed by atoms with Crippen LogP contribution in [-0.2, 0) is 0 Å². The minimum atomic E-state index is -0.244.